The molecule has 27 heavy (non-hydrogen) atoms. The fourth-order valence-corrected chi connectivity index (χ4v) is 3.26. The molecule has 0 aromatic carbocycles. The number of piperidine rings is 1. The standard InChI is InChI=1S/C19H25N5O3/c1-14-10-16(21-20-14)12-22(2)19(27)15-6-7-17(25)24(11-15)13-18(26)23-8-4-3-5-9-23/h6-7,10-11H,3-5,8-9,12-13H2,1-2H3,(H,20,21). The van der Waals surface area contributed by atoms with Gasteiger partial charge in [0, 0.05) is 38.1 Å². The van der Waals surface area contributed by atoms with E-state index in [4.69, 9.17) is 0 Å². The Morgan fingerprint density at radius 2 is 1.96 bits per heavy atom. The van der Waals surface area contributed by atoms with E-state index in [2.05, 4.69) is 10.2 Å². The molecule has 0 saturated carbocycles. The highest BCUT2D eigenvalue weighted by atomic mass is 16.2. The number of H-pyrrole nitrogens is 1. The Morgan fingerprint density at radius 1 is 1.22 bits per heavy atom. The van der Waals surface area contributed by atoms with Gasteiger partial charge < -0.3 is 14.4 Å². The van der Waals surface area contributed by atoms with Crippen LogP contribution in [0.3, 0.4) is 0 Å². The van der Waals surface area contributed by atoms with Crippen LogP contribution >= 0.6 is 0 Å². The summed E-state index contributed by atoms with van der Waals surface area (Å²) in [5.41, 5.74) is 1.77. The van der Waals surface area contributed by atoms with Gasteiger partial charge in [0.25, 0.3) is 11.5 Å². The van der Waals surface area contributed by atoms with Gasteiger partial charge in [0.15, 0.2) is 0 Å². The summed E-state index contributed by atoms with van der Waals surface area (Å²) in [5.74, 6) is -0.309. The summed E-state index contributed by atoms with van der Waals surface area (Å²) in [6.07, 6.45) is 4.60. The van der Waals surface area contributed by atoms with E-state index in [0.29, 0.717) is 12.1 Å². The van der Waals surface area contributed by atoms with Crippen LogP contribution in [-0.4, -0.2) is 56.5 Å². The number of pyridine rings is 1. The van der Waals surface area contributed by atoms with Gasteiger partial charge >= 0.3 is 0 Å². The Morgan fingerprint density at radius 3 is 2.63 bits per heavy atom. The van der Waals surface area contributed by atoms with E-state index in [9.17, 15) is 14.4 Å². The molecule has 1 saturated heterocycles. The third-order valence-corrected chi connectivity index (χ3v) is 4.75. The van der Waals surface area contributed by atoms with E-state index < -0.39 is 0 Å². The van der Waals surface area contributed by atoms with Crippen LogP contribution in [0.4, 0.5) is 0 Å². The van der Waals surface area contributed by atoms with E-state index in [-0.39, 0.29) is 23.9 Å². The molecular formula is C19H25N5O3. The molecule has 1 aliphatic rings. The summed E-state index contributed by atoms with van der Waals surface area (Å²) < 4.78 is 1.32. The lowest BCUT2D eigenvalue weighted by Crippen LogP contribution is -2.39. The Bertz CT molecular complexity index is 879. The lowest BCUT2D eigenvalue weighted by Gasteiger charge is -2.27. The molecule has 3 rings (SSSR count). The lowest BCUT2D eigenvalue weighted by atomic mass is 10.1. The monoisotopic (exact) mass is 371 g/mol. The minimum atomic E-state index is -0.289. The van der Waals surface area contributed by atoms with Crippen molar-refractivity contribution in [2.45, 2.75) is 39.3 Å². The van der Waals surface area contributed by atoms with Crippen molar-refractivity contribution >= 4 is 11.8 Å². The van der Waals surface area contributed by atoms with Crippen molar-refractivity contribution in [3.05, 3.63) is 51.7 Å². The van der Waals surface area contributed by atoms with Crippen LogP contribution in [0.15, 0.2) is 29.2 Å². The fraction of sp³-hybridized carbons (Fsp3) is 0.474. The zero-order chi connectivity index (χ0) is 19.4. The van der Waals surface area contributed by atoms with Crippen molar-refractivity contribution in [1.82, 2.24) is 24.6 Å². The van der Waals surface area contributed by atoms with Crippen LogP contribution in [0, 0.1) is 6.92 Å². The van der Waals surface area contributed by atoms with Gasteiger partial charge in [0.05, 0.1) is 17.8 Å². The van der Waals surface area contributed by atoms with Crippen LogP contribution in [-0.2, 0) is 17.9 Å². The predicted octanol–water partition coefficient (Wildman–Crippen LogP) is 1.16. The minimum Gasteiger partial charge on any atom is -0.341 e. The van der Waals surface area contributed by atoms with Gasteiger partial charge in [-0.3, -0.25) is 19.5 Å². The summed E-state index contributed by atoms with van der Waals surface area (Å²) >= 11 is 0. The van der Waals surface area contributed by atoms with Crippen LogP contribution in [0.2, 0.25) is 0 Å². The van der Waals surface area contributed by atoms with Crippen molar-refractivity contribution in [2.24, 2.45) is 0 Å². The molecule has 144 valence electrons. The van der Waals surface area contributed by atoms with Gasteiger partial charge in [0.1, 0.15) is 6.54 Å². The average Bonchev–Trinajstić information content (AvgIpc) is 3.08. The number of rotatable bonds is 5. The molecule has 2 amide bonds. The van der Waals surface area contributed by atoms with E-state index in [1.165, 1.54) is 27.8 Å². The Hall–Kier alpha value is -2.90. The number of nitrogens with one attached hydrogen (secondary N) is 1. The first-order valence-electron chi connectivity index (χ1n) is 9.18. The van der Waals surface area contributed by atoms with E-state index in [0.717, 1.165) is 43.7 Å². The van der Waals surface area contributed by atoms with Crippen LogP contribution in [0.25, 0.3) is 0 Å². The van der Waals surface area contributed by atoms with Crippen molar-refractivity contribution < 1.29 is 9.59 Å². The van der Waals surface area contributed by atoms with Crippen LogP contribution in [0.5, 0.6) is 0 Å². The number of hydrogen-bond acceptors (Lipinski definition) is 4. The second-order valence-corrected chi connectivity index (χ2v) is 7.03. The predicted molar refractivity (Wildman–Crippen MR) is 100 cm³/mol. The normalized spacial score (nSPS) is 14.2. The molecule has 8 heteroatoms. The topological polar surface area (TPSA) is 91.3 Å². The molecule has 1 aliphatic heterocycles. The van der Waals surface area contributed by atoms with Crippen LogP contribution < -0.4 is 5.56 Å². The molecule has 8 nitrogen and oxygen atoms in total. The quantitative estimate of drug-likeness (QED) is 0.854. The molecule has 0 aliphatic carbocycles. The van der Waals surface area contributed by atoms with Crippen LogP contribution in [0.1, 0.15) is 41.0 Å². The van der Waals surface area contributed by atoms with E-state index in [1.54, 1.807) is 11.9 Å². The number of carbonyl (C=O) groups is 2. The summed E-state index contributed by atoms with van der Waals surface area (Å²) in [4.78, 5) is 40.6. The van der Waals surface area contributed by atoms with Gasteiger partial charge in [-0.15, -0.1) is 0 Å². The molecule has 0 spiro atoms. The number of likely N-dealkylation sites (tertiary alicyclic amines) is 1. The maximum atomic E-state index is 12.7. The third-order valence-electron chi connectivity index (χ3n) is 4.75. The maximum absolute atomic E-state index is 12.7. The molecule has 0 atom stereocenters. The molecule has 1 N–H and O–H groups in total. The Balaban J connectivity index is 1.70. The molecule has 3 heterocycles. The number of amides is 2. The zero-order valence-corrected chi connectivity index (χ0v) is 15.8. The first kappa shape index (κ1) is 18.9. The lowest BCUT2D eigenvalue weighted by molar-refractivity contribution is -0.132. The summed E-state index contributed by atoms with van der Waals surface area (Å²) in [6.45, 7) is 3.68. The number of aromatic amines is 1. The Kier molecular flexibility index (Phi) is 5.73. The van der Waals surface area contributed by atoms with Crippen molar-refractivity contribution in [1.29, 1.82) is 0 Å². The highest BCUT2D eigenvalue weighted by Crippen LogP contribution is 2.10. The Labute approximate surface area is 157 Å². The first-order chi connectivity index (χ1) is 12.9. The first-order valence-corrected chi connectivity index (χ1v) is 9.18. The SMILES string of the molecule is Cc1cc(CN(C)C(=O)c2ccc(=O)n(CC(=O)N3CCCCC3)c2)n[nH]1. The van der Waals surface area contributed by atoms with Crippen molar-refractivity contribution in [3.63, 3.8) is 0 Å². The van der Waals surface area contributed by atoms with Gasteiger partial charge in [-0.25, -0.2) is 0 Å². The smallest absolute Gasteiger partial charge is 0.255 e. The summed E-state index contributed by atoms with van der Waals surface area (Å²) in [6, 6.07) is 4.71. The minimum absolute atomic E-state index is 0.0395. The van der Waals surface area contributed by atoms with Gasteiger partial charge in [0.2, 0.25) is 5.91 Å². The van der Waals surface area contributed by atoms with Crippen molar-refractivity contribution in [2.75, 3.05) is 20.1 Å². The largest absolute Gasteiger partial charge is 0.341 e. The van der Waals surface area contributed by atoms with Gasteiger partial charge in [-0.2, -0.15) is 5.10 Å². The zero-order valence-electron chi connectivity index (χ0n) is 15.8. The number of aromatic nitrogens is 3. The van der Waals surface area contributed by atoms with Gasteiger partial charge in [-0.05, 0) is 38.3 Å². The summed E-state index contributed by atoms with van der Waals surface area (Å²) in [7, 11) is 1.68. The van der Waals surface area contributed by atoms with Gasteiger partial charge in [-0.1, -0.05) is 0 Å². The second-order valence-electron chi connectivity index (χ2n) is 7.03. The number of nitrogens with zero attached hydrogens (tertiary/aromatic N) is 4. The summed E-state index contributed by atoms with van der Waals surface area (Å²) in [5, 5.41) is 6.98. The molecule has 0 radical (unpaired) electrons. The third kappa shape index (κ3) is 4.64. The number of aryl methyl sites for hydroxylation is 1. The molecular weight excluding hydrogens is 346 g/mol. The van der Waals surface area contributed by atoms with Crippen molar-refractivity contribution in [3.8, 4) is 0 Å². The maximum Gasteiger partial charge on any atom is 0.255 e. The highest BCUT2D eigenvalue weighted by Gasteiger charge is 2.19. The molecule has 2 aromatic heterocycles. The molecule has 0 bridgehead atoms. The molecule has 1 fully saturated rings. The van der Waals surface area contributed by atoms with E-state index >= 15 is 0 Å². The molecule has 0 unspecified atom stereocenters. The van der Waals surface area contributed by atoms with E-state index in [1.807, 2.05) is 13.0 Å². The number of carbonyl (C=O) groups excluding carboxylic acids is 2. The number of hydrogen-bond donors (Lipinski definition) is 1. The fourth-order valence-electron chi connectivity index (χ4n) is 3.26. The second kappa shape index (κ2) is 8.20. The highest BCUT2D eigenvalue weighted by molar-refractivity contribution is 5.93. The average molecular weight is 371 g/mol. The molecule has 2 aromatic rings.